The Kier molecular flexibility index (Phi) is 3.83. The van der Waals surface area contributed by atoms with E-state index in [2.05, 4.69) is 14.9 Å². The molecule has 1 fully saturated rings. The molecule has 0 atom stereocenters. The molecule has 0 saturated carbocycles. The number of pyridine rings is 1. The van der Waals surface area contributed by atoms with E-state index >= 15 is 0 Å². The van der Waals surface area contributed by atoms with Crippen LogP contribution in [0.5, 0.6) is 0 Å². The molecule has 1 aliphatic rings. The molecule has 1 saturated heterocycles. The van der Waals surface area contributed by atoms with Crippen molar-refractivity contribution in [2.24, 2.45) is 0 Å². The monoisotopic (exact) mass is 306 g/mol. The molecule has 0 unspecified atom stereocenters. The Balaban J connectivity index is 1.71. The molecule has 2 aromatic heterocycles. The van der Waals surface area contributed by atoms with E-state index in [0.717, 1.165) is 42.6 Å². The highest BCUT2D eigenvalue weighted by Gasteiger charge is 2.20. The predicted molar refractivity (Wildman–Crippen MR) is 79.8 cm³/mol. The van der Waals surface area contributed by atoms with Crippen LogP contribution >= 0.6 is 11.3 Å². The Morgan fingerprint density at radius 2 is 2.05 bits per heavy atom. The van der Waals surface area contributed by atoms with Crippen LogP contribution in [-0.4, -0.2) is 47.0 Å². The zero-order valence-electron chi connectivity index (χ0n) is 11.6. The van der Waals surface area contributed by atoms with Crippen LogP contribution < -0.4 is 4.90 Å². The minimum atomic E-state index is -0.491. The number of hydrogen-bond donors (Lipinski definition) is 0. The summed E-state index contributed by atoms with van der Waals surface area (Å²) in [4.78, 5) is 23.6. The van der Waals surface area contributed by atoms with Gasteiger partial charge < -0.3 is 9.80 Å². The van der Waals surface area contributed by atoms with Crippen LogP contribution in [0.1, 0.15) is 6.92 Å². The second kappa shape index (κ2) is 5.77. The van der Waals surface area contributed by atoms with Gasteiger partial charge in [-0.3, -0.25) is 4.79 Å². The van der Waals surface area contributed by atoms with Crippen molar-refractivity contribution in [3.63, 3.8) is 0 Å². The Hall–Kier alpha value is -2.02. The minimum absolute atomic E-state index is 0.117. The number of amides is 1. The van der Waals surface area contributed by atoms with Gasteiger partial charge in [0.25, 0.3) is 0 Å². The molecule has 0 radical (unpaired) electrons. The van der Waals surface area contributed by atoms with E-state index in [9.17, 15) is 9.18 Å². The van der Waals surface area contributed by atoms with Gasteiger partial charge in [0.1, 0.15) is 0 Å². The van der Waals surface area contributed by atoms with Crippen LogP contribution in [0.4, 0.5) is 9.52 Å². The van der Waals surface area contributed by atoms with Crippen molar-refractivity contribution in [1.29, 1.82) is 0 Å². The van der Waals surface area contributed by atoms with Gasteiger partial charge in [0.15, 0.2) is 5.13 Å². The van der Waals surface area contributed by atoms with Gasteiger partial charge in [0.2, 0.25) is 11.9 Å². The molecule has 5 nitrogen and oxygen atoms in total. The van der Waals surface area contributed by atoms with Crippen LogP contribution in [0.3, 0.4) is 0 Å². The smallest absolute Gasteiger partial charge is 0.219 e. The second-order valence-electron chi connectivity index (χ2n) is 4.88. The van der Waals surface area contributed by atoms with Gasteiger partial charge in [-0.25, -0.2) is 9.97 Å². The zero-order chi connectivity index (χ0) is 14.8. The van der Waals surface area contributed by atoms with Crippen molar-refractivity contribution in [3.05, 3.63) is 29.7 Å². The van der Waals surface area contributed by atoms with Gasteiger partial charge in [0.05, 0.1) is 5.69 Å². The quantitative estimate of drug-likeness (QED) is 0.797. The number of carbonyl (C=O) groups excluding carboxylic acids is 1. The lowest BCUT2D eigenvalue weighted by atomic mass is 10.2. The number of aromatic nitrogens is 2. The van der Waals surface area contributed by atoms with Gasteiger partial charge in [-0.2, -0.15) is 4.39 Å². The summed E-state index contributed by atoms with van der Waals surface area (Å²) < 4.78 is 12.8. The number of anilines is 1. The molecule has 3 heterocycles. The van der Waals surface area contributed by atoms with E-state index in [1.165, 1.54) is 12.3 Å². The summed E-state index contributed by atoms with van der Waals surface area (Å²) in [7, 11) is 0. The fourth-order valence-electron chi connectivity index (χ4n) is 2.28. The fraction of sp³-hybridized carbons (Fsp3) is 0.357. The maximum absolute atomic E-state index is 12.8. The molecule has 2 aromatic rings. The summed E-state index contributed by atoms with van der Waals surface area (Å²) in [6, 6.07) is 3.01. The van der Waals surface area contributed by atoms with Gasteiger partial charge >= 0.3 is 0 Å². The first-order chi connectivity index (χ1) is 10.1. The van der Waals surface area contributed by atoms with Crippen LogP contribution in [0.25, 0.3) is 11.3 Å². The van der Waals surface area contributed by atoms with E-state index in [1.54, 1.807) is 24.3 Å². The Morgan fingerprint density at radius 3 is 2.67 bits per heavy atom. The number of thiazole rings is 1. The first-order valence-electron chi connectivity index (χ1n) is 6.71. The molecule has 3 rings (SSSR count). The topological polar surface area (TPSA) is 49.3 Å². The molecule has 21 heavy (non-hydrogen) atoms. The average molecular weight is 306 g/mol. The Labute approximate surface area is 126 Å². The van der Waals surface area contributed by atoms with Crippen molar-refractivity contribution in [1.82, 2.24) is 14.9 Å². The first kappa shape index (κ1) is 13.9. The standard InChI is InChI=1S/C14H15FN4OS/c1-10(20)18-4-6-19(7-5-18)14-17-12(9-21-14)11-2-3-13(15)16-8-11/h2-3,8-9H,4-7H2,1H3. The maximum atomic E-state index is 12.8. The van der Waals surface area contributed by atoms with Gasteiger partial charge in [-0.05, 0) is 12.1 Å². The van der Waals surface area contributed by atoms with Crippen molar-refractivity contribution in [3.8, 4) is 11.3 Å². The number of halogens is 1. The van der Waals surface area contributed by atoms with E-state index < -0.39 is 5.95 Å². The van der Waals surface area contributed by atoms with Gasteiger partial charge in [-0.15, -0.1) is 11.3 Å². The van der Waals surface area contributed by atoms with Crippen molar-refractivity contribution in [2.45, 2.75) is 6.92 Å². The normalized spacial score (nSPS) is 15.3. The second-order valence-corrected chi connectivity index (χ2v) is 5.71. The Morgan fingerprint density at radius 1 is 1.29 bits per heavy atom. The summed E-state index contributed by atoms with van der Waals surface area (Å²) in [5.41, 5.74) is 1.61. The molecular formula is C14H15FN4OS. The lowest BCUT2D eigenvalue weighted by Gasteiger charge is -2.33. The van der Waals surface area contributed by atoms with Crippen LogP contribution in [0.15, 0.2) is 23.7 Å². The van der Waals surface area contributed by atoms with Crippen LogP contribution in [0.2, 0.25) is 0 Å². The van der Waals surface area contributed by atoms with E-state index in [-0.39, 0.29) is 5.91 Å². The van der Waals surface area contributed by atoms with E-state index in [4.69, 9.17) is 0 Å². The van der Waals surface area contributed by atoms with Crippen molar-refractivity contribution >= 4 is 22.4 Å². The number of carbonyl (C=O) groups is 1. The zero-order valence-corrected chi connectivity index (χ0v) is 12.4. The number of nitrogens with zero attached hydrogens (tertiary/aromatic N) is 4. The molecule has 0 N–H and O–H groups in total. The van der Waals surface area contributed by atoms with Crippen molar-refractivity contribution < 1.29 is 9.18 Å². The third-order valence-corrected chi connectivity index (χ3v) is 4.41. The highest BCUT2D eigenvalue weighted by Crippen LogP contribution is 2.27. The molecule has 0 spiro atoms. The fourth-order valence-corrected chi connectivity index (χ4v) is 3.17. The molecule has 110 valence electrons. The predicted octanol–water partition coefficient (Wildman–Crippen LogP) is 2.01. The number of rotatable bonds is 2. The minimum Gasteiger partial charge on any atom is -0.345 e. The average Bonchev–Trinajstić information content (AvgIpc) is 2.98. The third-order valence-electron chi connectivity index (χ3n) is 3.51. The number of hydrogen-bond acceptors (Lipinski definition) is 5. The van der Waals surface area contributed by atoms with Crippen molar-refractivity contribution in [2.75, 3.05) is 31.1 Å². The molecule has 0 bridgehead atoms. The molecular weight excluding hydrogens is 291 g/mol. The molecule has 1 aliphatic heterocycles. The largest absolute Gasteiger partial charge is 0.345 e. The molecule has 1 amide bonds. The van der Waals surface area contributed by atoms with E-state index in [0.29, 0.717) is 0 Å². The molecule has 0 aromatic carbocycles. The van der Waals surface area contributed by atoms with Gasteiger partial charge in [0, 0.05) is 50.2 Å². The maximum Gasteiger partial charge on any atom is 0.219 e. The lowest BCUT2D eigenvalue weighted by Crippen LogP contribution is -2.48. The first-order valence-corrected chi connectivity index (χ1v) is 7.59. The highest BCUT2D eigenvalue weighted by molar-refractivity contribution is 7.14. The van der Waals surface area contributed by atoms with Crippen LogP contribution in [0, 0.1) is 5.95 Å². The summed E-state index contributed by atoms with van der Waals surface area (Å²) in [5, 5.41) is 2.87. The van der Waals surface area contributed by atoms with E-state index in [1.807, 2.05) is 10.3 Å². The summed E-state index contributed by atoms with van der Waals surface area (Å²) >= 11 is 1.55. The molecule has 0 aliphatic carbocycles. The molecule has 7 heteroatoms. The van der Waals surface area contributed by atoms with Gasteiger partial charge in [-0.1, -0.05) is 0 Å². The summed E-state index contributed by atoms with van der Waals surface area (Å²) in [5.74, 6) is -0.374. The summed E-state index contributed by atoms with van der Waals surface area (Å²) in [6.07, 6.45) is 1.49. The summed E-state index contributed by atoms with van der Waals surface area (Å²) in [6.45, 7) is 4.62. The lowest BCUT2D eigenvalue weighted by molar-refractivity contribution is -0.129. The van der Waals surface area contributed by atoms with Crippen LogP contribution in [-0.2, 0) is 4.79 Å². The third kappa shape index (κ3) is 3.02. The SMILES string of the molecule is CC(=O)N1CCN(c2nc(-c3ccc(F)nc3)cs2)CC1. The Bertz CT molecular complexity index is 635. The number of piperazine rings is 1. The highest BCUT2D eigenvalue weighted by atomic mass is 32.1.